The zero-order chi connectivity index (χ0) is 20.6. The third kappa shape index (κ3) is 3.40. The van der Waals surface area contributed by atoms with E-state index >= 15 is 0 Å². The van der Waals surface area contributed by atoms with Gasteiger partial charge in [0.05, 0.1) is 12.6 Å². The van der Waals surface area contributed by atoms with Crippen LogP contribution in [0.5, 0.6) is 23.0 Å². The number of aromatic nitrogens is 1. The maximum absolute atomic E-state index is 12.2. The van der Waals surface area contributed by atoms with Gasteiger partial charge in [0.25, 0.3) is 0 Å². The number of nitrogens with one attached hydrogen (secondary N) is 1. The highest BCUT2D eigenvalue weighted by molar-refractivity contribution is 6.10. The number of anilines is 1. The molecule has 2 aromatic carbocycles. The summed E-state index contributed by atoms with van der Waals surface area (Å²) in [6, 6.07) is 11.4. The second-order valence-corrected chi connectivity index (χ2v) is 6.82. The smallest absolute Gasteiger partial charge is 0.319 e. The van der Waals surface area contributed by atoms with Crippen molar-refractivity contribution < 1.29 is 29.3 Å². The molecule has 29 heavy (non-hydrogen) atoms. The predicted octanol–water partition coefficient (Wildman–Crippen LogP) is 3.54. The lowest BCUT2D eigenvalue weighted by Crippen LogP contribution is -2.31. The molecule has 1 fully saturated rings. The van der Waals surface area contributed by atoms with Crippen molar-refractivity contribution in [1.29, 1.82) is 0 Å². The van der Waals surface area contributed by atoms with Crippen molar-refractivity contribution in [2.75, 3.05) is 12.4 Å². The Hall–Kier alpha value is -3.81. The van der Waals surface area contributed by atoms with Crippen LogP contribution in [-0.4, -0.2) is 34.2 Å². The van der Waals surface area contributed by atoms with Crippen LogP contribution in [0.4, 0.5) is 5.69 Å². The summed E-state index contributed by atoms with van der Waals surface area (Å²) in [6.07, 6.45) is 2.27. The van der Waals surface area contributed by atoms with E-state index in [4.69, 9.17) is 9.47 Å². The number of aromatic hydroxyl groups is 1. The van der Waals surface area contributed by atoms with Crippen LogP contribution in [-0.2, 0) is 9.59 Å². The highest BCUT2D eigenvalue weighted by Gasteiger charge is 2.57. The Morgan fingerprint density at radius 2 is 1.83 bits per heavy atom. The van der Waals surface area contributed by atoms with E-state index in [1.165, 1.54) is 13.2 Å². The number of rotatable bonds is 6. The van der Waals surface area contributed by atoms with Gasteiger partial charge in [-0.1, -0.05) is 0 Å². The summed E-state index contributed by atoms with van der Waals surface area (Å²) in [5.74, 6) is -0.276. The van der Waals surface area contributed by atoms with E-state index in [-0.39, 0.29) is 5.75 Å². The molecule has 1 aliphatic rings. The normalized spacial score (nSPS) is 14.2. The van der Waals surface area contributed by atoms with Crippen LogP contribution in [0.15, 0.2) is 48.7 Å². The van der Waals surface area contributed by atoms with Crippen molar-refractivity contribution >= 4 is 28.5 Å². The molecule has 8 nitrogen and oxygen atoms in total. The van der Waals surface area contributed by atoms with Gasteiger partial charge in [-0.15, -0.1) is 0 Å². The number of carboxylic acid groups (broad SMARTS) is 1. The second kappa shape index (κ2) is 6.97. The summed E-state index contributed by atoms with van der Waals surface area (Å²) in [4.78, 5) is 27.6. The van der Waals surface area contributed by atoms with Crippen LogP contribution in [0.25, 0.3) is 10.9 Å². The van der Waals surface area contributed by atoms with Crippen LogP contribution in [0.2, 0.25) is 0 Å². The molecule has 1 amide bonds. The fourth-order valence-electron chi connectivity index (χ4n) is 3.04. The van der Waals surface area contributed by atoms with Gasteiger partial charge < -0.3 is 25.0 Å². The summed E-state index contributed by atoms with van der Waals surface area (Å²) in [5.41, 5.74) is -0.260. The molecule has 8 heteroatoms. The molecule has 0 bridgehead atoms. The molecule has 148 valence electrons. The minimum absolute atomic E-state index is 0.0143. The lowest BCUT2D eigenvalue weighted by Gasteiger charge is -2.13. The van der Waals surface area contributed by atoms with Gasteiger partial charge >= 0.3 is 5.97 Å². The standard InChI is InChI=1S/C21H18N2O6/c1-28-18-10-14-15(11-16(18)24)22-9-6-17(14)29-13-4-2-12(3-5-13)23-19(25)21(7-8-21)20(26)27/h2-6,9-11,24H,7-8H2,1H3,(H,23,25)(H,26,27). The molecule has 1 heterocycles. The number of benzene rings is 2. The molecule has 0 unspecified atom stereocenters. The molecular weight excluding hydrogens is 376 g/mol. The number of ether oxygens (including phenoxy) is 2. The summed E-state index contributed by atoms with van der Waals surface area (Å²) >= 11 is 0. The molecule has 0 aliphatic heterocycles. The van der Waals surface area contributed by atoms with Crippen LogP contribution >= 0.6 is 0 Å². The number of pyridine rings is 1. The largest absolute Gasteiger partial charge is 0.504 e. The number of hydrogen-bond donors (Lipinski definition) is 3. The number of amides is 1. The molecule has 0 saturated heterocycles. The molecule has 3 N–H and O–H groups in total. The zero-order valence-corrected chi connectivity index (χ0v) is 15.5. The number of methoxy groups -OCH3 is 1. The van der Waals surface area contributed by atoms with Crippen molar-refractivity contribution in [3.63, 3.8) is 0 Å². The van der Waals surface area contributed by atoms with Gasteiger partial charge in [0, 0.05) is 23.3 Å². The predicted molar refractivity (Wildman–Crippen MR) is 104 cm³/mol. The monoisotopic (exact) mass is 394 g/mol. The van der Waals surface area contributed by atoms with E-state index in [1.807, 2.05) is 0 Å². The summed E-state index contributed by atoms with van der Waals surface area (Å²) in [5, 5.41) is 22.4. The van der Waals surface area contributed by atoms with E-state index in [9.17, 15) is 19.8 Å². The average Bonchev–Trinajstić information content (AvgIpc) is 3.51. The molecule has 3 aromatic rings. The number of phenolic OH excluding ortho intramolecular Hbond substituents is 1. The Labute approximate surface area is 165 Å². The number of carboxylic acids is 1. The minimum Gasteiger partial charge on any atom is -0.504 e. The fourth-order valence-corrected chi connectivity index (χ4v) is 3.04. The molecule has 1 aromatic heterocycles. The molecule has 4 rings (SSSR count). The Kier molecular flexibility index (Phi) is 4.46. The number of phenols is 1. The average molecular weight is 394 g/mol. The van der Waals surface area contributed by atoms with Crippen molar-refractivity contribution in [2.45, 2.75) is 12.8 Å². The number of nitrogens with zero attached hydrogens (tertiary/aromatic N) is 1. The second-order valence-electron chi connectivity index (χ2n) is 6.82. The summed E-state index contributed by atoms with van der Waals surface area (Å²) < 4.78 is 11.1. The van der Waals surface area contributed by atoms with Crippen molar-refractivity contribution in [3.8, 4) is 23.0 Å². The van der Waals surface area contributed by atoms with Crippen LogP contribution in [0, 0.1) is 5.41 Å². The van der Waals surface area contributed by atoms with Crippen molar-refractivity contribution in [2.24, 2.45) is 5.41 Å². The van der Waals surface area contributed by atoms with E-state index in [1.54, 1.807) is 42.6 Å². The van der Waals surface area contributed by atoms with Crippen molar-refractivity contribution in [3.05, 3.63) is 48.7 Å². The Balaban J connectivity index is 1.53. The van der Waals surface area contributed by atoms with Crippen LogP contribution in [0.3, 0.4) is 0 Å². The molecule has 1 aliphatic carbocycles. The van der Waals surface area contributed by atoms with Crippen molar-refractivity contribution in [1.82, 2.24) is 4.98 Å². The molecule has 1 saturated carbocycles. The van der Waals surface area contributed by atoms with Gasteiger partial charge in [-0.3, -0.25) is 14.6 Å². The van der Waals surface area contributed by atoms with Gasteiger partial charge in [0.2, 0.25) is 5.91 Å². The van der Waals surface area contributed by atoms with Crippen LogP contribution in [0.1, 0.15) is 12.8 Å². The number of carbonyl (C=O) groups is 2. The quantitative estimate of drug-likeness (QED) is 0.547. The molecule has 0 atom stereocenters. The highest BCUT2D eigenvalue weighted by Crippen LogP contribution is 2.46. The number of hydrogen-bond acceptors (Lipinski definition) is 6. The van der Waals surface area contributed by atoms with Gasteiger partial charge in [0.1, 0.15) is 16.9 Å². The Bertz CT molecular complexity index is 1110. The highest BCUT2D eigenvalue weighted by atomic mass is 16.5. The van der Waals surface area contributed by atoms with Gasteiger partial charge in [-0.2, -0.15) is 0 Å². The first kappa shape index (κ1) is 18.5. The van der Waals surface area contributed by atoms with E-state index in [0.717, 1.165) is 0 Å². The van der Waals surface area contributed by atoms with E-state index in [2.05, 4.69) is 10.3 Å². The Morgan fingerprint density at radius 1 is 1.10 bits per heavy atom. The topological polar surface area (TPSA) is 118 Å². The fraction of sp³-hybridized carbons (Fsp3) is 0.190. The number of carbonyl (C=O) groups excluding carboxylic acids is 1. The maximum Gasteiger partial charge on any atom is 0.319 e. The Morgan fingerprint density at radius 3 is 2.45 bits per heavy atom. The third-order valence-corrected chi connectivity index (χ3v) is 4.94. The lowest BCUT2D eigenvalue weighted by atomic mass is 10.1. The number of aliphatic carboxylic acids is 1. The first-order chi connectivity index (χ1) is 13.9. The van der Waals surface area contributed by atoms with Crippen LogP contribution < -0.4 is 14.8 Å². The SMILES string of the molecule is COc1cc2c(Oc3ccc(NC(=O)C4(C(=O)O)CC4)cc3)ccnc2cc1O. The van der Waals surface area contributed by atoms with Gasteiger partial charge in [0.15, 0.2) is 11.5 Å². The zero-order valence-electron chi connectivity index (χ0n) is 15.5. The molecule has 0 spiro atoms. The number of fused-ring (bicyclic) bond motifs is 1. The molecule has 0 radical (unpaired) electrons. The summed E-state index contributed by atoms with van der Waals surface area (Å²) in [7, 11) is 1.46. The maximum atomic E-state index is 12.2. The first-order valence-corrected chi connectivity index (χ1v) is 8.91. The lowest BCUT2D eigenvalue weighted by molar-refractivity contribution is -0.147. The molecular formula is C21H18N2O6. The third-order valence-electron chi connectivity index (χ3n) is 4.94. The van der Waals surface area contributed by atoms with E-state index in [0.29, 0.717) is 46.7 Å². The van der Waals surface area contributed by atoms with Gasteiger partial charge in [-0.05, 0) is 49.2 Å². The van der Waals surface area contributed by atoms with E-state index < -0.39 is 17.3 Å². The minimum atomic E-state index is -1.30. The summed E-state index contributed by atoms with van der Waals surface area (Å²) in [6.45, 7) is 0. The first-order valence-electron chi connectivity index (χ1n) is 8.91. The van der Waals surface area contributed by atoms with Gasteiger partial charge in [-0.25, -0.2) is 0 Å².